The molecule has 8 heteroatoms. The lowest BCUT2D eigenvalue weighted by atomic mass is 10.2. The zero-order valence-corrected chi connectivity index (χ0v) is 16.3. The Morgan fingerprint density at radius 2 is 1.55 bits per heavy atom. The zero-order valence-electron chi connectivity index (χ0n) is 16.3. The van der Waals surface area contributed by atoms with Gasteiger partial charge in [-0.3, -0.25) is 14.4 Å². The molecule has 0 aliphatic rings. The van der Waals surface area contributed by atoms with Crippen molar-refractivity contribution in [1.82, 2.24) is 0 Å². The van der Waals surface area contributed by atoms with E-state index in [-0.39, 0.29) is 13.0 Å². The molecule has 0 spiro atoms. The summed E-state index contributed by atoms with van der Waals surface area (Å²) in [6, 6.07) is 13.1. The SMILES string of the molecule is CCOc1ccc(OCCC(=O)OC(C)C(=O)Nc2ccc(C(N)=O)cc2)cc1. The average Bonchev–Trinajstić information content (AvgIpc) is 2.70. The molecule has 2 rings (SSSR count). The number of nitrogens with two attached hydrogens (primary N) is 1. The van der Waals surface area contributed by atoms with Gasteiger partial charge in [0.2, 0.25) is 5.91 Å². The first-order valence-electron chi connectivity index (χ1n) is 9.15. The number of carbonyl (C=O) groups excluding carboxylic acids is 3. The first kappa shape index (κ1) is 21.7. The van der Waals surface area contributed by atoms with Gasteiger partial charge in [0.25, 0.3) is 5.91 Å². The second-order valence-electron chi connectivity index (χ2n) is 6.07. The summed E-state index contributed by atoms with van der Waals surface area (Å²) in [5.74, 6) is -0.257. The summed E-state index contributed by atoms with van der Waals surface area (Å²) in [5, 5.41) is 2.60. The van der Waals surface area contributed by atoms with Gasteiger partial charge >= 0.3 is 5.97 Å². The molecule has 0 fully saturated rings. The topological polar surface area (TPSA) is 117 Å². The van der Waals surface area contributed by atoms with Gasteiger partial charge in [-0.15, -0.1) is 0 Å². The van der Waals surface area contributed by atoms with Crippen LogP contribution in [0.25, 0.3) is 0 Å². The highest BCUT2D eigenvalue weighted by Gasteiger charge is 2.18. The van der Waals surface area contributed by atoms with Crippen LogP contribution in [0, 0.1) is 0 Å². The number of hydrogen-bond acceptors (Lipinski definition) is 6. The lowest BCUT2D eigenvalue weighted by molar-refractivity contribution is -0.153. The molecule has 2 aromatic rings. The van der Waals surface area contributed by atoms with E-state index in [9.17, 15) is 14.4 Å². The van der Waals surface area contributed by atoms with Crippen LogP contribution in [0.1, 0.15) is 30.6 Å². The molecule has 0 bridgehead atoms. The molecular formula is C21H24N2O6. The summed E-state index contributed by atoms with van der Waals surface area (Å²) in [4.78, 5) is 35.1. The van der Waals surface area contributed by atoms with Crippen molar-refractivity contribution in [2.75, 3.05) is 18.5 Å². The van der Waals surface area contributed by atoms with Crippen LogP contribution in [0.15, 0.2) is 48.5 Å². The molecule has 0 aromatic heterocycles. The standard InChI is InChI=1S/C21H24N2O6/c1-3-27-17-8-10-18(11-9-17)28-13-12-19(24)29-14(2)21(26)23-16-6-4-15(5-7-16)20(22)25/h4-11,14H,3,12-13H2,1-2H3,(H2,22,25)(H,23,26). The third-order valence-electron chi connectivity index (χ3n) is 3.82. The number of benzene rings is 2. The highest BCUT2D eigenvalue weighted by molar-refractivity contribution is 5.96. The van der Waals surface area contributed by atoms with E-state index in [2.05, 4.69) is 5.32 Å². The molecule has 1 unspecified atom stereocenters. The number of ether oxygens (including phenoxy) is 3. The van der Waals surface area contributed by atoms with Gasteiger partial charge in [0.05, 0.1) is 19.6 Å². The summed E-state index contributed by atoms with van der Waals surface area (Å²) in [7, 11) is 0. The molecule has 0 aliphatic carbocycles. The van der Waals surface area contributed by atoms with E-state index >= 15 is 0 Å². The predicted molar refractivity (Wildman–Crippen MR) is 107 cm³/mol. The Morgan fingerprint density at radius 3 is 2.10 bits per heavy atom. The first-order chi connectivity index (χ1) is 13.9. The minimum atomic E-state index is -0.983. The van der Waals surface area contributed by atoms with Crippen LogP contribution in [0.3, 0.4) is 0 Å². The molecule has 0 radical (unpaired) electrons. The van der Waals surface area contributed by atoms with Crippen LogP contribution in [-0.4, -0.2) is 37.1 Å². The van der Waals surface area contributed by atoms with E-state index in [0.717, 1.165) is 5.75 Å². The van der Waals surface area contributed by atoms with Gasteiger partial charge in [-0.1, -0.05) is 0 Å². The van der Waals surface area contributed by atoms with Crippen LogP contribution in [0.5, 0.6) is 11.5 Å². The van der Waals surface area contributed by atoms with Crippen LogP contribution in [0.2, 0.25) is 0 Å². The van der Waals surface area contributed by atoms with Crippen molar-refractivity contribution >= 4 is 23.5 Å². The molecule has 2 aromatic carbocycles. The summed E-state index contributed by atoms with van der Waals surface area (Å²) >= 11 is 0. The van der Waals surface area contributed by atoms with Crippen molar-refractivity contribution in [2.24, 2.45) is 5.73 Å². The molecule has 1 atom stereocenters. The Bertz CT molecular complexity index is 833. The maximum atomic E-state index is 12.1. The highest BCUT2D eigenvalue weighted by Crippen LogP contribution is 2.17. The number of hydrogen-bond donors (Lipinski definition) is 2. The van der Waals surface area contributed by atoms with Crippen molar-refractivity contribution in [3.63, 3.8) is 0 Å². The Labute approximate surface area is 168 Å². The van der Waals surface area contributed by atoms with E-state index in [4.69, 9.17) is 19.9 Å². The number of anilines is 1. The smallest absolute Gasteiger partial charge is 0.310 e. The fraction of sp³-hybridized carbons (Fsp3) is 0.286. The summed E-state index contributed by atoms with van der Waals surface area (Å²) in [5.41, 5.74) is 5.95. The molecule has 0 saturated carbocycles. The number of nitrogens with one attached hydrogen (secondary N) is 1. The maximum absolute atomic E-state index is 12.1. The number of primary amides is 1. The van der Waals surface area contributed by atoms with E-state index < -0.39 is 23.9 Å². The minimum absolute atomic E-state index is 0.00185. The number of amides is 2. The van der Waals surface area contributed by atoms with Crippen molar-refractivity contribution < 1.29 is 28.6 Å². The summed E-state index contributed by atoms with van der Waals surface area (Å²) < 4.78 is 15.9. The Kier molecular flexibility index (Phi) is 8.02. The van der Waals surface area contributed by atoms with Crippen LogP contribution in [-0.2, 0) is 14.3 Å². The number of carbonyl (C=O) groups is 3. The fourth-order valence-corrected chi connectivity index (χ4v) is 2.32. The van der Waals surface area contributed by atoms with E-state index in [1.807, 2.05) is 6.92 Å². The van der Waals surface area contributed by atoms with Gasteiger partial charge in [0.15, 0.2) is 6.10 Å². The van der Waals surface area contributed by atoms with Gasteiger partial charge in [-0.05, 0) is 62.4 Å². The molecule has 3 N–H and O–H groups in total. The molecule has 8 nitrogen and oxygen atoms in total. The van der Waals surface area contributed by atoms with Gasteiger partial charge in [-0.2, -0.15) is 0 Å². The second kappa shape index (κ2) is 10.7. The number of esters is 1. The monoisotopic (exact) mass is 400 g/mol. The quantitative estimate of drug-likeness (QED) is 0.592. The van der Waals surface area contributed by atoms with E-state index in [0.29, 0.717) is 23.6 Å². The van der Waals surface area contributed by atoms with Crippen molar-refractivity contribution in [3.8, 4) is 11.5 Å². The summed E-state index contributed by atoms with van der Waals surface area (Å²) in [6.45, 7) is 4.07. The normalized spacial score (nSPS) is 11.2. The highest BCUT2D eigenvalue weighted by atomic mass is 16.5. The minimum Gasteiger partial charge on any atom is -0.494 e. The lowest BCUT2D eigenvalue weighted by Crippen LogP contribution is -2.30. The first-order valence-corrected chi connectivity index (χ1v) is 9.15. The molecule has 0 aliphatic heterocycles. The lowest BCUT2D eigenvalue weighted by Gasteiger charge is -2.14. The average molecular weight is 400 g/mol. The Hall–Kier alpha value is -3.55. The third kappa shape index (κ3) is 7.17. The molecule has 154 valence electrons. The van der Waals surface area contributed by atoms with Crippen LogP contribution in [0.4, 0.5) is 5.69 Å². The van der Waals surface area contributed by atoms with Gasteiger partial charge in [0, 0.05) is 11.3 Å². The van der Waals surface area contributed by atoms with Crippen molar-refractivity contribution in [2.45, 2.75) is 26.4 Å². The predicted octanol–water partition coefficient (Wildman–Crippen LogP) is 2.52. The Morgan fingerprint density at radius 1 is 0.966 bits per heavy atom. The second-order valence-corrected chi connectivity index (χ2v) is 6.07. The zero-order chi connectivity index (χ0) is 21.2. The molecule has 2 amide bonds. The number of rotatable bonds is 10. The largest absolute Gasteiger partial charge is 0.494 e. The Balaban J connectivity index is 1.73. The fourth-order valence-electron chi connectivity index (χ4n) is 2.32. The van der Waals surface area contributed by atoms with Crippen LogP contribution < -0.4 is 20.5 Å². The van der Waals surface area contributed by atoms with Gasteiger partial charge < -0.3 is 25.3 Å². The van der Waals surface area contributed by atoms with Crippen LogP contribution >= 0.6 is 0 Å². The van der Waals surface area contributed by atoms with E-state index in [1.54, 1.807) is 24.3 Å². The van der Waals surface area contributed by atoms with Crippen molar-refractivity contribution in [3.05, 3.63) is 54.1 Å². The molecule has 0 heterocycles. The van der Waals surface area contributed by atoms with Crippen molar-refractivity contribution in [1.29, 1.82) is 0 Å². The third-order valence-corrected chi connectivity index (χ3v) is 3.82. The van der Waals surface area contributed by atoms with E-state index in [1.165, 1.54) is 31.2 Å². The maximum Gasteiger partial charge on any atom is 0.310 e. The molecule has 0 saturated heterocycles. The van der Waals surface area contributed by atoms with Gasteiger partial charge in [0.1, 0.15) is 11.5 Å². The van der Waals surface area contributed by atoms with Gasteiger partial charge in [-0.25, -0.2) is 0 Å². The molecule has 29 heavy (non-hydrogen) atoms. The summed E-state index contributed by atoms with van der Waals surface area (Å²) in [6.07, 6.45) is -0.984. The molecular weight excluding hydrogens is 376 g/mol.